The van der Waals surface area contributed by atoms with Gasteiger partial charge in [-0.15, -0.1) is 0 Å². The van der Waals surface area contributed by atoms with Crippen LogP contribution in [0.2, 0.25) is 10.0 Å². The van der Waals surface area contributed by atoms with E-state index in [0.29, 0.717) is 5.56 Å². The lowest BCUT2D eigenvalue weighted by Crippen LogP contribution is -2.76. The van der Waals surface area contributed by atoms with Crippen LogP contribution in [0.4, 0.5) is 13.6 Å². The zero-order valence-electron chi connectivity index (χ0n) is 23.8. The lowest BCUT2D eigenvalue weighted by molar-refractivity contribution is -0.169. The highest BCUT2D eigenvalue weighted by Gasteiger charge is 2.55. The second-order valence-corrected chi connectivity index (χ2v) is 13.3. The zero-order chi connectivity index (χ0) is 32.6. The third kappa shape index (κ3) is 6.35. The van der Waals surface area contributed by atoms with E-state index >= 15 is 0 Å². The number of likely N-dealkylation sites (N-methyl/N-ethyl adjacent to an activating group) is 1. The number of carboxylic acid groups (broad SMARTS) is 1. The van der Waals surface area contributed by atoms with Gasteiger partial charge in [0.2, 0.25) is 21.8 Å². The lowest BCUT2D eigenvalue weighted by atomic mass is 9.96. The molecule has 3 amide bonds. The molecule has 5 rings (SSSR count). The monoisotopic (exact) mass is 680 g/mol. The second kappa shape index (κ2) is 12.9. The summed E-state index contributed by atoms with van der Waals surface area (Å²) in [4.78, 5) is 43.6. The van der Waals surface area contributed by atoms with Crippen LogP contribution in [0.25, 0.3) is 0 Å². The number of hydrogen-bond donors (Lipinski definition) is 1. The maximum Gasteiger partial charge on any atom is 0.408 e. The fraction of sp³-hybridized carbons (Fsp3) is 0.300. The van der Waals surface area contributed by atoms with Gasteiger partial charge in [0, 0.05) is 31.1 Å². The maximum absolute atomic E-state index is 14.3. The summed E-state index contributed by atoms with van der Waals surface area (Å²) >= 11 is 12.3. The Morgan fingerprint density at radius 1 is 0.956 bits per heavy atom. The second-order valence-electron chi connectivity index (χ2n) is 10.6. The summed E-state index contributed by atoms with van der Waals surface area (Å²) in [5, 5.41) is 10.3. The first-order valence-corrected chi connectivity index (χ1v) is 16.1. The highest BCUT2D eigenvalue weighted by atomic mass is 35.5. The first-order chi connectivity index (χ1) is 21.3. The predicted molar refractivity (Wildman–Crippen MR) is 161 cm³/mol. The standard InChI is InChI=1S/C30H28Cl2F2N4O6S/c1-2-35-17-27-37(45(43,44)26-11-9-20(31)14-21(26)32)16-25(36(30(41)42)15-18-6-4-3-5-7-18)29(40)38(27)24(28(35)39)13-19-8-10-22(33)23(34)12-19/h3-12,14,24-25,27H,2,13,15-17H2,1H3,(H,41,42). The van der Waals surface area contributed by atoms with E-state index in [4.69, 9.17) is 23.2 Å². The quantitative estimate of drug-likeness (QED) is 0.376. The molecule has 10 nitrogen and oxygen atoms in total. The molecule has 0 radical (unpaired) electrons. The smallest absolute Gasteiger partial charge is 0.408 e. The minimum absolute atomic E-state index is 0.153. The predicted octanol–water partition coefficient (Wildman–Crippen LogP) is 4.45. The van der Waals surface area contributed by atoms with Crippen LogP contribution in [-0.4, -0.2) is 88.3 Å². The Kier molecular flexibility index (Phi) is 9.36. The number of amides is 3. The summed E-state index contributed by atoms with van der Waals surface area (Å²) in [6, 6.07) is 12.3. The van der Waals surface area contributed by atoms with Crippen LogP contribution in [0.1, 0.15) is 18.1 Å². The first-order valence-electron chi connectivity index (χ1n) is 13.9. The lowest BCUT2D eigenvalue weighted by Gasteiger charge is -2.54. The molecule has 45 heavy (non-hydrogen) atoms. The molecule has 3 atom stereocenters. The van der Waals surface area contributed by atoms with Crippen LogP contribution < -0.4 is 0 Å². The Labute approximate surface area is 268 Å². The van der Waals surface area contributed by atoms with Gasteiger partial charge in [0.05, 0.1) is 11.6 Å². The van der Waals surface area contributed by atoms with Crippen LogP contribution in [0.3, 0.4) is 0 Å². The van der Waals surface area contributed by atoms with Gasteiger partial charge in [0.15, 0.2) is 11.6 Å². The van der Waals surface area contributed by atoms with Crippen molar-refractivity contribution in [3.63, 3.8) is 0 Å². The van der Waals surface area contributed by atoms with Gasteiger partial charge >= 0.3 is 6.09 Å². The Bertz CT molecular complexity index is 1750. The number of fused-ring (bicyclic) bond motifs is 1. The average molecular weight is 682 g/mol. The molecule has 15 heteroatoms. The molecule has 238 valence electrons. The van der Waals surface area contributed by atoms with Crippen molar-refractivity contribution in [3.8, 4) is 0 Å². The molecule has 1 N–H and O–H groups in total. The third-order valence-electron chi connectivity index (χ3n) is 7.96. The molecule has 3 aromatic rings. The van der Waals surface area contributed by atoms with E-state index in [1.54, 1.807) is 37.3 Å². The SMILES string of the molecule is CCN1CC2N(C(=O)C(N(Cc3ccccc3)C(=O)O)CN2S(=O)(=O)c2ccc(Cl)cc2Cl)C(Cc2ccc(F)c(F)c2)C1=O. The number of hydrogen-bond acceptors (Lipinski definition) is 5. The van der Waals surface area contributed by atoms with Gasteiger partial charge < -0.3 is 14.9 Å². The van der Waals surface area contributed by atoms with Gasteiger partial charge in [-0.3, -0.25) is 14.5 Å². The first kappa shape index (κ1) is 32.6. The summed E-state index contributed by atoms with van der Waals surface area (Å²) in [7, 11) is -4.54. The Balaban J connectivity index is 1.65. The molecule has 2 aliphatic heterocycles. The molecular weight excluding hydrogens is 653 g/mol. The van der Waals surface area contributed by atoms with Crippen molar-refractivity contribution >= 4 is 51.1 Å². The van der Waals surface area contributed by atoms with Crippen molar-refractivity contribution in [2.75, 3.05) is 19.6 Å². The molecule has 2 fully saturated rings. The van der Waals surface area contributed by atoms with E-state index in [-0.39, 0.29) is 46.6 Å². The van der Waals surface area contributed by atoms with Gasteiger partial charge in [0.1, 0.15) is 23.1 Å². The molecule has 0 aromatic heterocycles. The number of carbonyl (C=O) groups excluding carboxylic acids is 2. The minimum atomic E-state index is -4.54. The van der Waals surface area contributed by atoms with E-state index in [1.807, 2.05) is 0 Å². The summed E-state index contributed by atoms with van der Waals surface area (Å²) in [5.74, 6) is -3.63. The van der Waals surface area contributed by atoms with E-state index in [9.17, 15) is 36.7 Å². The number of sulfonamides is 1. The van der Waals surface area contributed by atoms with Crippen molar-refractivity contribution < 1.29 is 36.7 Å². The van der Waals surface area contributed by atoms with Crippen molar-refractivity contribution in [1.29, 1.82) is 0 Å². The zero-order valence-corrected chi connectivity index (χ0v) is 26.1. The van der Waals surface area contributed by atoms with Gasteiger partial charge in [-0.2, -0.15) is 4.31 Å². The molecule has 3 unspecified atom stereocenters. The van der Waals surface area contributed by atoms with E-state index < -0.39 is 64.4 Å². The largest absolute Gasteiger partial charge is 0.465 e. The van der Waals surface area contributed by atoms with Gasteiger partial charge in [-0.05, 0) is 48.4 Å². The Morgan fingerprint density at radius 3 is 2.29 bits per heavy atom. The molecule has 0 aliphatic carbocycles. The number of nitrogens with zero attached hydrogens (tertiary/aromatic N) is 4. The molecule has 0 saturated carbocycles. The van der Waals surface area contributed by atoms with Crippen molar-refractivity contribution in [1.82, 2.24) is 19.0 Å². The molecular formula is C30H28Cl2F2N4O6S. The van der Waals surface area contributed by atoms with Gasteiger partial charge in [0.25, 0.3) is 0 Å². The van der Waals surface area contributed by atoms with Crippen LogP contribution in [0.15, 0.2) is 71.6 Å². The molecule has 2 heterocycles. The molecule has 3 aromatic carbocycles. The topological polar surface area (TPSA) is 119 Å². The minimum Gasteiger partial charge on any atom is -0.465 e. The highest BCUT2D eigenvalue weighted by molar-refractivity contribution is 7.89. The molecule has 2 saturated heterocycles. The number of rotatable bonds is 8. The summed E-state index contributed by atoms with van der Waals surface area (Å²) in [5.41, 5.74) is 0.712. The Morgan fingerprint density at radius 2 is 1.67 bits per heavy atom. The van der Waals surface area contributed by atoms with Crippen LogP contribution in [0.5, 0.6) is 0 Å². The fourth-order valence-electron chi connectivity index (χ4n) is 5.74. The summed E-state index contributed by atoms with van der Waals surface area (Å²) in [6.45, 7) is 0.766. The number of piperazine rings is 1. The van der Waals surface area contributed by atoms with E-state index in [0.717, 1.165) is 26.2 Å². The van der Waals surface area contributed by atoms with E-state index in [1.165, 1.54) is 29.2 Å². The summed E-state index contributed by atoms with van der Waals surface area (Å²) < 4.78 is 57.5. The number of carbonyl (C=O) groups is 3. The molecule has 0 bridgehead atoms. The average Bonchev–Trinajstić information content (AvgIpc) is 2.99. The van der Waals surface area contributed by atoms with Crippen molar-refractivity contribution in [2.24, 2.45) is 0 Å². The highest BCUT2D eigenvalue weighted by Crippen LogP contribution is 2.36. The number of halogens is 4. The molecule has 0 spiro atoms. The van der Waals surface area contributed by atoms with Gasteiger partial charge in [-0.25, -0.2) is 22.0 Å². The third-order valence-corrected chi connectivity index (χ3v) is 10.5. The van der Waals surface area contributed by atoms with Crippen LogP contribution >= 0.6 is 23.2 Å². The van der Waals surface area contributed by atoms with Gasteiger partial charge in [-0.1, -0.05) is 59.6 Å². The van der Waals surface area contributed by atoms with E-state index in [2.05, 4.69) is 0 Å². The number of benzene rings is 3. The maximum atomic E-state index is 14.3. The molecule has 2 aliphatic rings. The van der Waals surface area contributed by atoms with Crippen LogP contribution in [-0.2, 0) is 32.6 Å². The van der Waals surface area contributed by atoms with Crippen molar-refractivity contribution in [2.45, 2.75) is 43.0 Å². The Hall–Kier alpha value is -3.78. The summed E-state index contributed by atoms with van der Waals surface area (Å²) in [6.07, 6.45) is -3.05. The van der Waals surface area contributed by atoms with Crippen molar-refractivity contribution in [3.05, 3.63) is 99.5 Å². The van der Waals surface area contributed by atoms with Crippen LogP contribution in [0, 0.1) is 11.6 Å². The normalized spacial score (nSPS) is 20.7. The fourth-order valence-corrected chi connectivity index (χ4v) is 8.06.